The molecule has 2 amide bonds. The predicted octanol–water partition coefficient (Wildman–Crippen LogP) is 6.52. The topological polar surface area (TPSA) is 62.4 Å². The second-order valence-corrected chi connectivity index (χ2v) is 8.81. The summed E-state index contributed by atoms with van der Waals surface area (Å²) < 4.78 is 0. The van der Waals surface area contributed by atoms with Gasteiger partial charge in [-0.25, -0.2) is 4.79 Å². The fraction of sp³-hybridized carbons (Fsp3) is 0.321. The van der Waals surface area contributed by atoms with Crippen molar-refractivity contribution < 1.29 is 9.63 Å². The van der Waals surface area contributed by atoms with E-state index in [0.29, 0.717) is 25.0 Å². The van der Waals surface area contributed by atoms with E-state index in [1.165, 1.54) is 0 Å². The van der Waals surface area contributed by atoms with Gasteiger partial charge in [0, 0.05) is 12.2 Å². The first-order valence-electron chi connectivity index (χ1n) is 11.6. The minimum absolute atomic E-state index is 0.189. The number of urea groups is 1. The molecular formula is C28H35N3O2. The van der Waals surface area contributed by atoms with Crippen LogP contribution in [0.15, 0.2) is 78.9 Å². The number of carbonyl (C=O) groups is 1. The molecule has 0 spiro atoms. The van der Waals surface area contributed by atoms with Crippen molar-refractivity contribution in [3.8, 4) is 0 Å². The summed E-state index contributed by atoms with van der Waals surface area (Å²) in [7, 11) is 0. The first-order chi connectivity index (χ1) is 16.0. The molecule has 33 heavy (non-hydrogen) atoms. The zero-order chi connectivity index (χ0) is 23.6. The Balaban J connectivity index is 1.66. The van der Waals surface area contributed by atoms with E-state index < -0.39 is 0 Å². The highest BCUT2D eigenvalue weighted by atomic mass is 16.6. The molecule has 0 aliphatic carbocycles. The van der Waals surface area contributed by atoms with Crippen LogP contribution < -0.4 is 16.1 Å². The van der Waals surface area contributed by atoms with Crippen LogP contribution >= 0.6 is 0 Å². The molecule has 0 radical (unpaired) electrons. The number of benzene rings is 3. The van der Waals surface area contributed by atoms with Crippen molar-refractivity contribution in [2.24, 2.45) is 0 Å². The zero-order valence-electron chi connectivity index (χ0n) is 20.0. The Bertz CT molecular complexity index is 978. The number of nitrogens with one attached hydrogen (secondary N) is 3. The predicted molar refractivity (Wildman–Crippen MR) is 135 cm³/mol. The van der Waals surface area contributed by atoms with Gasteiger partial charge < -0.3 is 10.6 Å². The third-order valence-electron chi connectivity index (χ3n) is 5.59. The number of amides is 2. The Morgan fingerprint density at radius 3 is 1.94 bits per heavy atom. The fourth-order valence-corrected chi connectivity index (χ4v) is 3.76. The molecule has 1 unspecified atom stereocenters. The highest BCUT2D eigenvalue weighted by molar-refractivity contribution is 5.91. The van der Waals surface area contributed by atoms with Crippen LogP contribution in [0, 0.1) is 0 Å². The lowest BCUT2D eigenvalue weighted by atomic mass is 9.93. The molecule has 5 nitrogen and oxygen atoms in total. The SMILES string of the molecule is CC(C)c1cccc(C(C)C)c1NC(=O)NCC(NOCc1ccccc1)c1ccccc1. The normalized spacial score (nSPS) is 12.1. The monoisotopic (exact) mass is 445 g/mol. The summed E-state index contributed by atoms with van der Waals surface area (Å²) in [6.07, 6.45) is 0. The summed E-state index contributed by atoms with van der Waals surface area (Å²) in [4.78, 5) is 18.7. The number of para-hydroxylation sites is 1. The largest absolute Gasteiger partial charge is 0.336 e. The average molecular weight is 446 g/mol. The van der Waals surface area contributed by atoms with Crippen molar-refractivity contribution in [3.63, 3.8) is 0 Å². The van der Waals surface area contributed by atoms with Crippen LogP contribution in [-0.4, -0.2) is 12.6 Å². The molecule has 0 aromatic heterocycles. The van der Waals surface area contributed by atoms with Crippen LogP contribution in [0.5, 0.6) is 0 Å². The summed E-state index contributed by atoms with van der Waals surface area (Å²) in [5.74, 6) is 0.619. The molecule has 0 saturated carbocycles. The van der Waals surface area contributed by atoms with Crippen molar-refractivity contribution in [2.45, 2.75) is 52.2 Å². The first kappa shape index (κ1) is 24.5. The van der Waals surface area contributed by atoms with Gasteiger partial charge in [0.05, 0.1) is 12.6 Å². The van der Waals surface area contributed by atoms with Crippen LogP contribution in [0.25, 0.3) is 0 Å². The highest BCUT2D eigenvalue weighted by Gasteiger charge is 2.17. The molecule has 0 aliphatic rings. The molecule has 3 rings (SSSR count). The summed E-state index contributed by atoms with van der Waals surface area (Å²) in [6, 6.07) is 25.8. The minimum atomic E-state index is -0.226. The number of rotatable bonds is 10. The van der Waals surface area contributed by atoms with Crippen LogP contribution in [0.3, 0.4) is 0 Å². The Kier molecular flexibility index (Phi) is 9.04. The lowest BCUT2D eigenvalue weighted by molar-refractivity contribution is 0.00370. The maximum atomic E-state index is 12.9. The molecular weight excluding hydrogens is 410 g/mol. The maximum absolute atomic E-state index is 12.9. The summed E-state index contributed by atoms with van der Waals surface area (Å²) >= 11 is 0. The Morgan fingerprint density at radius 1 is 0.788 bits per heavy atom. The van der Waals surface area contributed by atoms with Gasteiger partial charge in [0.25, 0.3) is 0 Å². The van der Waals surface area contributed by atoms with Crippen LogP contribution in [-0.2, 0) is 11.4 Å². The van der Waals surface area contributed by atoms with Gasteiger partial charge in [-0.15, -0.1) is 0 Å². The molecule has 0 aliphatic heterocycles. The number of anilines is 1. The van der Waals surface area contributed by atoms with E-state index >= 15 is 0 Å². The second kappa shape index (κ2) is 12.2. The Morgan fingerprint density at radius 2 is 1.36 bits per heavy atom. The minimum Gasteiger partial charge on any atom is -0.336 e. The summed E-state index contributed by atoms with van der Waals surface area (Å²) in [5.41, 5.74) is 8.42. The van der Waals surface area contributed by atoms with E-state index in [-0.39, 0.29) is 12.1 Å². The van der Waals surface area contributed by atoms with Crippen LogP contribution in [0.4, 0.5) is 10.5 Å². The Labute approximate surface area is 197 Å². The van der Waals surface area contributed by atoms with E-state index in [2.05, 4.69) is 62.0 Å². The third-order valence-corrected chi connectivity index (χ3v) is 5.59. The van der Waals surface area contributed by atoms with Gasteiger partial charge in [-0.1, -0.05) is 107 Å². The molecule has 0 bridgehead atoms. The quantitative estimate of drug-likeness (QED) is 0.311. The molecule has 0 saturated heterocycles. The average Bonchev–Trinajstić information content (AvgIpc) is 2.82. The van der Waals surface area contributed by atoms with Crippen molar-refractivity contribution in [1.82, 2.24) is 10.8 Å². The molecule has 3 aromatic rings. The van der Waals surface area contributed by atoms with E-state index in [4.69, 9.17) is 4.84 Å². The molecule has 3 aromatic carbocycles. The molecule has 5 heteroatoms. The van der Waals surface area contributed by atoms with E-state index in [9.17, 15) is 4.79 Å². The molecule has 0 heterocycles. The first-order valence-corrected chi connectivity index (χ1v) is 11.6. The molecule has 3 N–H and O–H groups in total. The van der Waals surface area contributed by atoms with Gasteiger partial charge in [-0.2, -0.15) is 5.48 Å². The van der Waals surface area contributed by atoms with E-state index in [1.54, 1.807) is 0 Å². The van der Waals surface area contributed by atoms with Gasteiger partial charge in [0.15, 0.2) is 0 Å². The zero-order valence-corrected chi connectivity index (χ0v) is 20.0. The van der Waals surface area contributed by atoms with E-state index in [0.717, 1.165) is 27.9 Å². The van der Waals surface area contributed by atoms with Crippen molar-refractivity contribution >= 4 is 11.7 Å². The summed E-state index contributed by atoms with van der Waals surface area (Å²) in [6.45, 7) is 9.38. The molecule has 0 fully saturated rings. The standard InChI is InChI=1S/C28H35N3O2/c1-20(2)24-16-11-17-25(21(3)4)27(24)30-28(32)29-18-26(23-14-9-6-10-15-23)31-33-19-22-12-7-5-8-13-22/h5-17,20-21,26,31H,18-19H2,1-4H3,(H2,29,30,32). The van der Waals surface area contributed by atoms with Crippen molar-refractivity contribution in [1.29, 1.82) is 0 Å². The van der Waals surface area contributed by atoms with Crippen molar-refractivity contribution in [2.75, 3.05) is 11.9 Å². The number of hydroxylamine groups is 1. The fourth-order valence-electron chi connectivity index (χ4n) is 3.76. The van der Waals surface area contributed by atoms with E-state index in [1.807, 2.05) is 60.7 Å². The molecule has 1 atom stereocenters. The highest BCUT2D eigenvalue weighted by Crippen LogP contribution is 2.32. The van der Waals surface area contributed by atoms with Gasteiger partial charge in [-0.05, 0) is 34.1 Å². The summed E-state index contributed by atoms with van der Waals surface area (Å²) in [5, 5.41) is 6.13. The second-order valence-electron chi connectivity index (χ2n) is 8.81. The Hall–Kier alpha value is -3.15. The lowest BCUT2D eigenvalue weighted by Crippen LogP contribution is -2.37. The van der Waals surface area contributed by atoms with Gasteiger partial charge >= 0.3 is 6.03 Å². The van der Waals surface area contributed by atoms with Gasteiger partial charge in [0.1, 0.15) is 0 Å². The van der Waals surface area contributed by atoms with Crippen LogP contribution in [0.2, 0.25) is 0 Å². The van der Waals surface area contributed by atoms with Crippen molar-refractivity contribution in [3.05, 3.63) is 101 Å². The number of hydrogen-bond acceptors (Lipinski definition) is 3. The lowest BCUT2D eigenvalue weighted by Gasteiger charge is -2.22. The van der Waals surface area contributed by atoms with Gasteiger partial charge in [-0.3, -0.25) is 4.84 Å². The number of carbonyl (C=O) groups excluding carboxylic acids is 1. The molecule has 174 valence electrons. The third kappa shape index (κ3) is 7.17. The van der Waals surface area contributed by atoms with Gasteiger partial charge in [0.2, 0.25) is 0 Å². The van der Waals surface area contributed by atoms with Crippen LogP contribution in [0.1, 0.15) is 67.8 Å². The maximum Gasteiger partial charge on any atom is 0.319 e. The number of hydrogen-bond donors (Lipinski definition) is 3. The smallest absolute Gasteiger partial charge is 0.319 e.